The fourth-order valence-electron chi connectivity index (χ4n) is 4.52. The van der Waals surface area contributed by atoms with Crippen LogP contribution in [0, 0.1) is 13.8 Å². The van der Waals surface area contributed by atoms with E-state index in [9.17, 15) is 4.79 Å². The highest BCUT2D eigenvalue weighted by Gasteiger charge is 2.32. The third-order valence-corrected chi connectivity index (χ3v) is 6.64. The summed E-state index contributed by atoms with van der Waals surface area (Å²) in [5.41, 5.74) is 5.87. The standard InChI is InChI=1S/C24H22Cl2N6O/c1-14-8-18(25)9-21(26)23(14)32-15(2)22(28-29-32)24(33)31-12-16-6-4-5-7-19(16)20(13-31)17-10-27-30(3)11-17/h4-11,20H,12-13H2,1-3H3. The molecule has 3 heterocycles. The Bertz CT molecular complexity index is 1350. The first-order valence-corrected chi connectivity index (χ1v) is 11.3. The lowest BCUT2D eigenvalue weighted by Gasteiger charge is -2.34. The highest BCUT2D eigenvalue weighted by atomic mass is 35.5. The third kappa shape index (κ3) is 3.81. The summed E-state index contributed by atoms with van der Waals surface area (Å²) in [7, 11) is 1.90. The van der Waals surface area contributed by atoms with Crippen LogP contribution >= 0.6 is 23.2 Å². The van der Waals surface area contributed by atoms with E-state index in [0.29, 0.717) is 40.2 Å². The number of benzene rings is 2. The summed E-state index contributed by atoms with van der Waals surface area (Å²) < 4.78 is 3.39. The summed E-state index contributed by atoms with van der Waals surface area (Å²) in [4.78, 5) is 15.4. The Labute approximate surface area is 201 Å². The largest absolute Gasteiger partial charge is 0.332 e. The minimum absolute atomic E-state index is 0.0379. The van der Waals surface area contributed by atoms with Crippen LogP contribution < -0.4 is 0 Å². The normalized spacial score (nSPS) is 15.5. The molecule has 1 aliphatic rings. The molecular weight excluding hydrogens is 459 g/mol. The minimum Gasteiger partial charge on any atom is -0.332 e. The molecule has 0 spiro atoms. The Kier molecular flexibility index (Phi) is 5.46. The quantitative estimate of drug-likeness (QED) is 0.425. The lowest BCUT2D eigenvalue weighted by molar-refractivity contribution is 0.0718. The number of hydrogen-bond acceptors (Lipinski definition) is 4. The number of fused-ring (bicyclic) bond motifs is 1. The van der Waals surface area contributed by atoms with Crippen molar-refractivity contribution in [3.8, 4) is 5.69 Å². The van der Waals surface area contributed by atoms with Gasteiger partial charge in [0.25, 0.3) is 5.91 Å². The molecule has 1 unspecified atom stereocenters. The van der Waals surface area contributed by atoms with E-state index in [1.807, 2.05) is 56.4 Å². The lowest BCUT2D eigenvalue weighted by atomic mass is 9.86. The van der Waals surface area contributed by atoms with E-state index < -0.39 is 0 Å². The SMILES string of the molecule is Cc1cc(Cl)cc(Cl)c1-n1nnc(C(=O)N2Cc3ccccc3C(c3cnn(C)c3)C2)c1C. The van der Waals surface area contributed by atoms with Gasteiger partial charge in [0.1, 0.15) is 0 Å². The fourth-order valence-corrected chi connectivity index (χ4v) is 5.19. The molecule has 0 radical (unpaired) electrons. The van der Waals surface area contributed by atoms with Gasteiger partial charge in [-0.25, -0.2) is 4.68 Å². The van der Waals surface area contributed by atoms with Gasteiger partial charge in [0.15, 0.2) is 5.69 Å². The predicted molar refractivity (Wildman–Crippen MR) is 127 cm³/mol. The Hall–Kier alpha value is -3.16. The van der Waals surface area contributed by atoms with Gasteiger partial charge >= 0.3 is 0 Å². The number of halogens is 2. The second kappa shape index (κ2) is 8.32. The molecule has 2 aromatic carbocycles. The topological polar surface area (TPSA) is 68.8 Å². The summed E-state index contributed by atoms with van der Waals surface area (Å²) in [6, 6.07) is 11.7. The van der Waals surface area contributed by atoms with Gasteiger partial charge in [-0.3, -0.25) is 9.48 Å². The maximum atomic E-state index is 13.6. The van der Waals surface area contributed by atoms with E-state index in [-0.39, 0.29) is 11.8 Å². The second-order valence-corrected chi connectivity index (χ2v) is 9.22. The summed E-state index contributed by atoms with van der Waals surface area (Å²) in [6.07, 6.45) is 3.87. The number of nitrogens with zero attached hydrogens (tertiary/aromatic N) is 6. The second-order valence-electron chi connectivity index (χ2n) is 8.37. The van der Waals surface area contributed by atoms with Crippen molar-refractivity contribution in [2.45, 2.75) is 26.3 Å². The smallest absolute Gasteiger partial charge is 0.276 e. The molecule has 33 heavy (non-hydrogen) atoms. The number of carbonyl (C=O) groups is 1. The Morgan fingerprint density at radius 2 is 1.94 bits per heavy atom. The molecular formula is C24H22Cl2N6O. The van der Waals surface area contributed by atoms with Gasteiger partial charge in [-0.2, -0.15) is 5.10 Å². The molecule has 9 heteroatoms. The van der Waals surface area contributed by atoms with Gasteiger partial charge in [0, 0.05) is 37.3 Å². The number of aromatic nitrogens is 5. The Balaban J connectivity index is 1.51. The van der Waals surface area contributed by atoms with Crippen molar-refractivity contribution in [3.05, 3.63) is 92.5 Å². The molecule has 168 valence electrons. The van der Waals surface area contributed by atoms with Crippen molar-refractivity contribution in [3.63, 3.8) is 0 Å². The minimum atomic E-state index is -0.162. The molecule has 1 atom stereocenters. The zero-order valence-electron chi connectivity index (χ0n) is 18.5. The van der Waals surface area contributed by atoms with Crippen molar-refractivity contribution >= 4 is 29.1 Å². The van der Waals surface area contributed by atoms with Crippen molar-refractivity contribution in [1.29, 1.82) is 0 Å². The monoisotopic (exact) mass is 480 g/mol. The maximum absolute atomic E-state index is 13.6. The summed E-state index contributed by atoms with van der Waals surface area (Å²) in [6.45, 7) is 4.78. The molecule has 7 nitrogen and oxygen atoms in total. The molecule has 4 aromatic rings. The Morgan fingerprint density at radius 1 is 1.15 bits per heavy atom. The first-order valence-electron chi connectivity index (χ1n) is 10.6. The van der Waals surface area contributed by atoms with E-state index in [1.165, 1.54) is 5.56 Å². The zero-order chi connectivity index (χ0) is 23.3. The van der Waals surface area contributed by atoms with E-state index in [1.54, 1.807) is 15.4 Å². The van der Waals surface area contributed by atoms with Gasteiger partial charge in [-0.05, 0) is 48.2 Å². The van der Waals surface area contributed by atoms with Gasteiger partial charge in [-0.1, -0.05) is 52.7 Å². The lowest BCUT2D eigenvalue weighted by Crippen LogP contribution is -2.39. The molecule has 0 saturated heterocycles. The number of hydrogen-bond donors (Lipinski definition) is 0. The molecule has 0 bridgehead atoms. The van der Waals surface area contributed by atoms with Crippen LogP contribution in [-0.4, -0.2) is 42.1 Å². The molecule has 5 rings (SSSR count). The molecule has 0 aliphatic carbocycles. The van der Waals surface area contributed by atoms with Gasteiger partial charge in [-0.15, -0.1) is 5.10 Å². The van der Waals surface area contributed by atoms with E-state index in [4.69, 9.17) is 23.2 Å². The molecule has 2 aromatic heterocycles. The van der Waals surface area contributed by atoms with E-state index >= 15 is 0 Å². The summed E-state index contributed by atoms with van der Waals surface area (Å²) in [5.74, 6) is -0.124. The van der Waals surface area contributed by atoms with Crippen molar-refractivity contribution in [2.24, 2.45) is 7.05 Å². The molecule has 0 fully saturated rings. The van der Waals surface area contributed by atoms with E-state index in [0.717, 1.165) is 16.7 Å². The van der Waals surface area contributed by atoms with Crippen molar-refractivity contribution in [1.82, 2.24) is 29.7 Å². The average molecular weight is 481 g/mol. The number of rotatable bonds is 3. The number of amides is 1. The molecule has 1 aliphatic heterocycles. The zero-order valence-corrected chi connectivity index (χ0v) is 20.0. The predicted octanol–water partition coefficient (Wildman–Crippen LogP) is 4.71. The Morgan fingerprint density at radius 3 is 2.67 bits per heavy atom. The van der Waals surface area contributed by atoms with Crippen LogP contribution in [0.5, 0.6) is 0 Å². The highest BCUT2D eigenvalue weighted by molar-refractivity contribution is 6.36. The average Bonchev–Trinajstić information content (AvgIpc) is 3.38. The molecule has 0 saturated carbocycles. The van der Waals surface area contributed by atoms with E-state index in [2.05, 4.69) is 27.5 Å². The van der Waals surface area contributed by atoms with Gasteiger partial charge in [0.2, 0.25) is 0 Å². The van der Waals surface area contributed by atoms with Crippen LogP contribution in [0.3, 0.4) is 0 Å². The van der Waals surface area contributed by atoms with Crippen molar-refractivity contribution in [2.75, 3.05) is 6.54 Å². The summed E-state index contributed by atoms with van der Waals surface area (Å²) in [5, 5.41) is 13.8. The van der Waals surface area contributed by atoms with Crippen LogP contribution in [0.25, 0.3) is 5.69 Å². The molecule has 1 amide bonds. The van der Waals surface area contributed by atoms with Gasteiger partial charge < -0.3 is 4.90 Å². The first kappa shape index (κ1) is 21.7. The van der Waals surface area contributed by atoms with Crippen LogP contribution in [0.4, 0.5) is 0 Å². The summed E-state index contributed by atoms with van der Waals surface area (Å²) >= 11 is 12.6. The maximum Gasteiger partial charge on any atom is 0.276 e. The number of aryl methyl sites for hydroxylation is 2. The van der Waals surface area contributed by atoms with Crippen molar-refractivity contribution < 1.29 is 4.79 Å². The third-order valence-electron chi connectivity index (χ3n) is 6.14. The van der Waals surface area contributed by atoms with Crippen LogP contribution in [0.15, 0.2) is 48.8 Å². The number of carbonyl (C=O) groups excluding carboxylic acids is 1. The molecule has 0 N–H and O–H groups in total. The highest BCUT2D eigenvalue weighted by Crippen LogP contribution is 2.34. The van der Waals surface area contributed by atoms with Crippen LogP contribution in [0.2, 0.25) is 10.0 Å². The van der Waals surface area contributed by atoms with Crippen LogP contribution in [0.1, 0.15) is 44.4 Å². The van der Waals surface area contributed by atoms with Gasteiger partial charge in [0.05, 0.1) is 22.6 Å². The fraction of sp³-hybridized carbons (Fsp3) is 0.250. The van der Waals surface area contributed by atoms with Crippen LogP contribution in [-0.2, 0) is 13.6 Å². The first-order chi connectivity index (χ1) is 15.8.